The molecule has 0 saturated carbocycles. The van der Waals surface area contributed by atoms with Crippen molar-refractivity contribution in [3.8, 4) is 0 Å². The average molecular weight is 242 g/mol. The molecule has 0 bridgehead atoms. The standard InChI is InChI=1S/C12H22N2O3/c1-3-13-11(15)9-14(4-2)12(16)10-5-7-17-8-6-10/h10H,3-9H2,1-2H3,(H,13,15). The number of hydrogen-bond acceptors (Lipinski definition) is 3. The maximum Gasteiger partial charge on any atom is 0.239 e. The fraction of sp³-hybridized carbons (Fsp3) is 0.833. The van der Waals surface area contributed by atoms with Crippen LogP contribution in [-0.4, -0.2) is 49.6 Å². The Morgan fingerprint density at radius 1 is 1.29 bits per heavy atom. The van der Waals surface area contributed by atoms with Crippen molar-refractivity contribution in [2.24, 2.45) is 5.92 Å². The summed E-state index contributed by atoms with van der Waals surface area (Å²) >= 11 is 0. The van der Waals surface area contributed by atoms with Crippen LogP contribution in [-0.2, 0) is 14.3 Å². The topological polar surface area (TPSA) is 58.6 Å². The number of nitrogens with one attached hydrogen (secondary N) is 1. The van der Waals surface area contributed by atoms with Gasteiger partial charge in [0.1, 0.15) is 0 Å². The number of likely N-dealkylation sites (N-methyl/N-ethyl adjacent to an activating group) is 2. The number of amides is 2. The normalized spacial score (nSPS) is 16.6. The highest BCUT2D eigenvalue weighted by molar-refractivity contribution is 5.85. The lowest BCUT2D eigenvalue weighted by Crippen LogP contribution is -2.44. The predicted octanol–water partition coefficient (Wildman–Crippen LogP) is 0.398. The molecule has 0 atom stereocenters. The molecular weight excluding hydrogens is 220 g/mol. The number of hydrogen-bond donors (Lipinski definition) is 1. The van der Waals surface area contributed by atoms with Crippen LogP contribution in [0.15, 0.2) is 0 Å². The van der Waals surface area contributed by atoms with Crippen molar-refractivity contribution >= 4 is 11.8 Å². The maximum atomic E-state index is 12.2. The second-order valence-electron chi connectivity index (χ2n) is 4.19. The van der Waals surface area contributed by atoms with Crippen LogP contribution >= 0.6 is 0 Å². The van der Waals surface area contributed by atoms with Crippen LogP contribution in [0.3, 0.4) is 0 Å². The summed E-state index contributed by atoms with van der Waals surface area (Å²) in [7, 11) is 0. The van der Waals surface area contributed by atoms with Crippen molar-refractivity contribution in [1.82, 2.24) is 10.2 Å². The highest BCUT2D eigenvalue weighted by atomic mass is 16.5. The van der Waals surface area contributed by atoms with Gasteiger partial charge in [0.2, 0.25) is 11.8 Å². The lowest BCUT2D eigenvalue weighted by atomic mass is 9.98. The lowest BCUT2D eigenvalue weighted by Gasteiger charge is -2.28. The van der Waals surface area contributed by atoms with E-state index in [-0.39, 0.29) is 24.3 Å². The molecule has 0 aliphatic carbocycles. The van der Waals surface area contributed by atoms with Crippen molar-refractivity contribution in [3.63, 3.8) is 0 Å². The highest BCUT2D eigenvalue weighted by Gasteiger charge is 2.26. The first-order valence-electron chi connectivity index (χ1n) is 6.32. The molecule has 1 saturated heterocycles. The zero-order chi connectivity index (χ0) is 12.7. The zero-order valence-corrected chi connectivity index (χ0v) is 10.7. The van der Waals surface area contributed by atoms with Gasteiger partial charge in [-0.1, -0.05) is 0 Å². The van der Waals surface area contributed by atoms with Crippen LogP contribution in [0.2, 0.25) is 0 Å². The van der Waals surface area contributed by atoms with Gasteiger partial charge in [0.15, 0.2) is 0 Å². The molecule has 1 aliphatic heterocycles. The third kappa shape index (κ3) is 4.34. The summed E-state index contributed by atoms with van der Waals surface area (Å²) in [5.41, 5.74) is 0. The molecule has 98 valence electrons. The van der Waals surface area contributed by atoms with Gasteiger partial charge in [-0.05, 0) is 26.7 Å². The molecule has 0 unspecified atom stereocenters. The van der Waals surface area contributed by atoms with E-state index in [4.69, 9.17) is 4.74 Å². The van der Waals surface area contributed by atoms with Gasteiger partial charge in [0.25, 0.3) is 0 Å². The average Bonchev–Trinajstić information content (AvgIpc) is 2.36. The van der Waals surface area contributed by atoms with E-state index in [2.05, 4.69) is 5.32 Å². The van der Waals surface area contributed by atoms with E-state index >= 15 is 0 Å². The van der Waals surface area contributed by atoms with Crippen LogP contribution in [0.25, 0.3) is 0 Å². The largest absolute Gasteiger partial charge is 0.381 e. The molecule has 5 nitrogen and oxygen atoms in total. The quantitative estimate of drug-likeness (QED) is 0.759. The lowest BCUT2D eigenvalue weighted by molar-refractivity contribution is -0.141. The van der Waals surface area contributed by atoms with E-state index < -0.39 is 0 Å². The Bertz CT molecular complexity index is 262. The Hall–Kier alpha value is -1.10. The van der Waals surface area contributed by atoms with Gasteiger partial charge in [-0.25, -0.2) is 0 Å². The molecule has 2 amide bonds. The molecule has 1 rings (SSSR count). The summed E-state index contributed by atoms with van der Waals surface area (Å²) in [6.07, 6.45) is 1.54. The van der Waals surface area contributed by atoms with Gasteiger partial charge in [-0.2, -0.15) is 0 Å². The molecule has 0 aromatic rings. The summed E-state index contributed by atoms with van der Waals surface area (Å²) in [6.45, 7) is 6.41. The van der Waals surface area contributed by atoms with E-state index in [9.17, 15) is 9.59 Å². The summed E-state index contributed by atoms with van der Waals surface area (Å²) in [6, 6.07) is 0. The number of ether oxygens (including phenoxy) is 1. The van der Waals surface area contributed by atoms with Crippen LogP contribution in [0.1, 0.15) is 26.7 Å². The second-order valence-corrected chi connectivity index (χ2v) is 4.19. The van der Waals surface area contributed by atoms with E-state index in [0.29, 0.717) is 26.3 Å². The van der Waals surface area contributed by atoms with E-state index in [1.807, 2.05) is 13.8 Å². The SMILES string of the molecule is CCNC(=O)CN(CC)C(=O)C1CCOCC1. The van der Waals surface area contributed by atoms with Crippen molar-refractivity contribution < 1.29 is 14.3 Å². The van der Waals surface area contributed by atoms with Crippen LogP contribution in [0, 0.1) is 5.92 Å². The van der Waals surface area contributed by atoms with Gasteiger partial charge >= 0.3 is 0 Å². The molecule has 17 heavy (non-hydrogen) atoms. The molecular formula is C12H22N2O3. The third-order valence-corrected chi connectivity index (χ3v) is 2.97. The van der Waals surface area contributed by atoms with Gasteiger partial charge in [-0.15, -0.1) is 0 Å². The molecule has 1 N–H and O–H groups in total. The monoisotopic (exact) mass is 242 g/mol. The van der Waals surface area contributed by atoms with Gasteiger partial charge in [0.05, 0.1) is 6.54 Å². The van der Waals surface area contributed by atoms with Crippen LogP contribution in [0.5, 0.6) is 0 Å². The van der Waals surface area contributed by atoms with Crippen molar-refractivity contribution in [2.45, 2.75) is 26.7 Å². The van der Waals surface area contributed by atoms with E-state index in [0.717, 1.165) is 12.8 Å². The molecule has 0 aromatic heterocycles. The number of nitrogens with zero attached hydrogens (tertiary/aromatic N) is 1. The highest BCUT2D eigenvalue weighted by Crippen LogP contribution is 2.17. The Kier molecular flexibility index (Phi) is 5.97. The van der Waals surface area contributed by atoms with Gasteiger partial charge < -0.3 is 15.0 Å². The minimum Gasteiger partial charge on any atom is -0.381 e. The Labute approximate surface area is 102 Å². The fourth-order valence-corrected chi connectivity index (χ4v) is 1.97. The van der Waals surface area contributed by atoms with Crippen LogP contribution in [0.4, 0.5) is 0 Å². The minimum atomic E-state index is -0.0882. The van der Waals surface area contributed by atoms with E-state index in [1.165, 1.54) is 0 Å². The summed E-state index contributed by atoms with van der Waals surface area (Å²) in [5, 5.41) is 2.71. The summed E-state index contributed by atoms with van der Waals surface area (Å²) < 4.78 is 5.23. The summed E-state index contributed by atoms with van der Waals surface area (Å²) in [4.78, 5) is 25.3. The van der Waals surface area contributed by atoms with Gasteiger partial charge in [-0.3, -0.25) is 9.59 Å². The van der Waals surface area contributed by atoms with Crippen LogP contribution < -0.4 is 5.32 Å². The molecule has 5 heteroatoms. The number of carbonyl (C=O) groups excluding carboxylic acids is 2. The first kappa shape index (κ1) is 14.0. The molecule has 1 aliphatic rings. The smallest absolute Gasteiger partial charge is 0.239 e. The molecule has 0 radical (unpaired) electrons. The molecule has 0 spiro atoms. The molecule has 1 fully saturated rings. The third-order valence-electron chi connectivity index (χ3n) is 2.97. The van der Waals surface area contributed by atoms with E-state index in [1.54, 1.807) is 4.90 Å². The first-order valence-corrected chi connectivity index (χ1v) is 6.32. The summed E-state index contributed by atoms with van der Waals surface area (Å²) in [5.74, 6) is 0.0231. The van der Waals surface area contributed by atoms with Crippen molar-refractivity contribution in [2.75, 3.05) is 32.8 Å². The van der Waals surface area contributed by atoms with Crippen molar-refractivity contribution in [3.05, 3.63) is 0 Å². The molecule has 0 aromatic carbocycles. The Morgan fingerprint density at radius 3 is 2.47 bits per heavy atom. The second kappa shape index (κ2) is 7.27. The maximum absolute atomic E-state index is 12.2. The first-order chi connectivity index (χ1) is 8.19. The fourth-order valence-electron chi connectivity index (χ4n) is 1.97. The molecule has 1 heterocycles. The van der Waals surface area contributed by atoms with Gasteiger partial charge in [0, 0.05) is 32.2 Å². The Morgan fingerprint density at radius 2 is 1.94 bits per heavy atom. The van der Waals surface area contributed by atoms with Crippen molar-refractivity contribution in [1.29, 1.82) is 0 Å². The Balaban J connectivity index is 2.47. The number of carbonyl (C=O) groups is 2. The number of rotatable bonds is 5. The zero-order valence-electron chi connectivity index (χ0n) is 10.7. The minimum absolute atomic E-state index is 0.0260. The predicted molar refractivity (Wildman–Crippen MR) is 64.5 cm³/mol.